The third kappa shape index (κ3) is 8.59. The Kier molecular flexibility index (Phi) is 10.5. The average Bonchev–Trinajstić information content (AvgIpc) is 3.35. The van der Waals surface area contributed by atoms with E-state index in [1.165, 1.54) is 36.8 Å². The number of aromatic amines is 1. The van der Waals surface area contributed by atoms with Crippen molar-refractivity contribution in [3.05, 3.63) is 48.0 Å². The van der Waals surface area contributed by atoms with Crippen LogP contribution in [0.25, 0.3) is 0 Å². The molecule has 13 nitrogen and oxygen atoms in total. The van der Waals surface area contributed by atoms with E-state index in [4.69, 9.17) is 10.8 Å². The van der Waals surface area contributed by atoms with Gasteiger partial charge < -0.3 is 42.0 Å². The summed E-state index contributed by atoms with van der Waals surface area (Å²) in [5, 5.41) is 35.1. The maximum absolute atomic E-state index is 13.2. The monoisotopic (exact) mass is 508 g/mol. The minimum atomic E-state index is -1.59. The number of aliphatic hydroxyl groups excluding tert-OH is 1. The van der Waals surface area contributed by atoms with Crippen LogP contribution in [0.5, 0.6) is 5.75 Å². The van der Waals surface area contributed by atoms with E-state index in [9.17, 15) is 29.4 Å². The molecule has 0 bridgehead atoms. The Morgan fingerprint density at radius 2 is 1.54 bits per heavy atom. The molecule has 4 unspecified atom stereocenters. The lowest BCUT2D eigenvalue weighted by Gasteiger charge is -2.25. The van der Waals surface area contributed by atoms with Crippen LogP contribution in [0.2, 0.25) is 0 Å². The average molecular weight is 509 g/mol. The Morgan fingerprint density at radius 1 is 0.971 bits per heavy atom. The van der Waals surface area contributed by atoms with E-state index in [1.807, 2.05) is 0 Å². The van der Waals surface area contributed by atoms with Crippen molar-refractivity contribution in [2.45, 2.75) is 37.0 Å². The van der Waals surface area contributed by atoms with Crippen LogP contribution in [0.1, 0.15) is 11.3 Å². The quantitative estimate of drug-likeness (QED) is 0.132. The summed E-state index contributed by atoms with van der Waals surface area (Å²) in [5.74, 6) is -3.67. The summed E-state index contributed by atoms with van der Waals surface area (Å²) < 4.78 is 0. The Hall–Kier alpha value is -3.62. The summed E-state index contributed by atoms with van der Waals surface area (Å²) in [6.07, 6.45) is 2.78. The molecule has 2 aromatic rings. The molecular weight excluding hydrogens is 480 g/mol. The van der Waals surface area contributed by atoms with Crippen LogP contribution < -0.4 is 21.7 Å². The van der Waals surface area contributed by atoms with E-state index in [0.717, 1.165) is 0 Å². The second-order valence-corrected chi connectivity index (χ2v) is 8.01. The van der Waals surface area contributed by atoms with E-state index in [-0.39, 0.29) is 24.3 Å². The topological polar surface area (TPSA) is 220 Å². The van der Waals surface area contributed by atoms with Crippen LogP contribution in [0.4, 0.5) is 0 Å². The van der Waals surface area contributed by atoms with Gasteiger partial charge in [-0.05, 0) is 17.7 Å². The first kappa shape index (κ1) is 27.6. The van der Waals surface area contributed by atoms with Crippen molar-refractivity contribution in [3.63, 3.8) is 0 Å². The van der Waals surface area contributed by atoms with Gasteiger partial charge in [0.15, 0.2) is 0 Å². The Labute approximate surface area is 205 Å². The molecule has 1 aromatic heterocycles. The minimum absolute atomic E-state index is 0.00119. The van der Waals surface area contributed by atoms with Gasteiger partial charge in [0.1, 0.15) is 23.9 Å². The summed E-state index contributed by atoms with van der Waals surface area (Å²) in [6.45, 7) is -0.860. The number of carbonyl (C=O) groups excluding carboxylic acids is 3. The molecule has 3 amide bonds. The summed E-state index contributed by atoms with van der Waals surface area (Å²) in [5.41, 5.74) is 6.77. The van der Waals surface area contributed by atoms with Crippen molar-refractivity contribution in [3.8, 4) is 5.75 Å². The smallest absolute Gasteiger partial charge is 0.328 e. The number of carboxylic acid groups (broad SMARTS) is 1. The molecule has 0 fully saturated rings. The molecule has 1 heterocycles. The van der Waals surface area contributed by atoms with Gasteiger partial charge in [-0.3, -0.25) is 14.4 Å². The number of phenolic OH excluding ortho intramolecular Hbond substituents is 1. The molecule has 190 valence electrons. The van der Waals surface area contributed by atoms with Crippen LogP contribution in [0.3, 0.4) is 0 Å². The maximum atomic E-state index is 13.2. The van der Waals surface area contributed by atoms with Crippen molar-refractivity contribution < 1.29 is 34.5 Å². The van der Waals surface area contributed by atoms with Gasteiger partial charge in [0.05, 0.1) is 19.0 Å². The third-order valence-electron chi connectivity index (χ3n) is 4.95. The number of nitrogens with zero attached hydrogens (tertiary/aromatic N) is 1. The summed E-state index contributed by atoms with van der Waals surface area (Å²) in [4.78, 5) is 56.3. The van der Waals surface area contributed by atoms with Gasteiger partial charge >= 0.3 is 5.97 Å². The highest BCUT2D eigenvalue weighted by molar-refractivity contribution is 7.80. The number of aromatic nitrogens is 2. The number of aliphatic carboxylic acids is 1. The second kappa shape index (κ2) is 13.3. The number of benzene rings is 1. The minimum Gasteiger partial charge on any atom is -0.508 e. The lowest BCUT2D eigenvalue weighted by Crippen LogP contribution is -2.58. The summed E-state index contributed by atoms with van der Waals surface area (Å²) in [6, 6.07) is 0.830. The molecule has 1 aromatic carbocycles. The molecule has 0 radical (unpaired) electrons. The molecule has 0 aliphatic carbocycles. The number of aromatic hydroxyl groups is 1. The van der Waals surface area contributed by atoms with Gasteiger partial charge in [0.25, 0.3) is 0 Å². The fraction of sp³-hybridized carbons (Fsp3) is 0.381. The normalized spacial score (nSPS) is 14.3. The molecule has 14 heteroatoms. The number of thiol groups is 1. The second-order valence-electron chi connectivity index (χ2n) is 7.64. The summed E-state index contributed by atoms with van der Waals surface area (Å²) >= 11 is 3.98. The first-order valence-electron chi connectivity index (χ1n) is 10.5. The van der Waals surface area contributed by atoms with E-state index >= 15 is 0 Å². The molecule has 2 rings (SSSR count). The molecule has 9 N–H and O–H groups in total. The van der Waals surface area contributed by atoms with Crippen molar-refractivity contribution in [1.82, 2.24) is 25.9 Å². The van der Waals surface area contributed by atoms with Gasteiger partial charge in [-0.2, -0.15) is 12.6 Å². The highest BCUT2D eigenvalue weighted by Gasteiger charge is 2.30. The van der Waals surface area contributed by atoms with E-state index in [1.54, 1.807) is 0 Å². The van der Waals surface area contributed by atoms with Gasteiger partial charge in [0.2, 0.25) is 17.7 Å². The first-order chi connectivity index (χ1) is 16.6. The van der Waals surface area contributed by atoms with E-state index in [2.05, 4.69) is 38.5 Å². The Morgan fingerprint density at radius 3 is 2.06 bits per heavy atom. The number of carboxylic acids is 1. The molecular formula is C21H28N6O7S. The Balaban J connectivity index is 2.26. The highest BCUT2D eigenvalue weighted by Crippen LogP contribution is 2.12. The van der Waals surface area contributed by atoms with Crippen LogP contribution in [-0.2, 0) is 32.0 Å². The number of hydrogen-bond donors (Lipinski definition) is 9. The molecule has 0 aliphatic rings. The van der Waals surface area contributed by atoms with Crippen molar-refractivity contribution in [2.75, 3.05) is 12.4 Å². The van der Waals surface area contributed by atoms with Gasteiger partial charge in [0, 0.05) is 30.5 Å². The molecule has 0 aliphatic heterocycles. The fourth-order valence-corrected chi connectivity index (χ4v) is 3.16. The SMILES string of the molecule is NC(CS)C(=O)NC(Cc1cnc[nH]1)C(=O)NC(Cc1ccc(O)cc1)C(=O)NC(CO)C(=O)O. The zero-order valence-electron chi connectivity index (χ0n) is 18.5. The third-order valence-corrected chi connectivity index (χ3v) is 5.35. The maximum Gasteiger partial charge on any atom is 0.328 e. The number of hydrogen-bond acceptors (Lipinski definition) is 9. The van der Waals surface area contributed by atoms with E-state index in [0.29, 0.717) is 11.3 Å². The van der Waals surface area contributed by atoms with Crippen molar-refractivity contribution in [2.24, 2.45) is 5.73 Å². The number of phenols is 1. The molecule has 0 saturated heterocycles. The van der Waals surface area contributed by atoms with E-state index < -0.39 is 54.5 Å². The van der Waals surface area contributed by atoms with Crippen molar-refractivity contribution >= 4 is 36.3 Å². The standard InChI is InChI=1S/C21H28N6O7S/c22-14(9-35)18(30)25-16(6-12-7-23-10-24-12)20(32)26-15(5-11-1-3-13(29)4-2-11)19(31)27-17(8-28)21(33)34/h1-4,7,10,14-17,28-29,35H,5-6,8-9,22H2,(H,23,24)(H,25,30)(H,26,32)(H,27,31)(H,33,34). The molecule has 0 spiro atoms. The largest absolute Gasteiger partial charge is 0.508 e. The number of rotatable bonds is 13. The van der Waals surface area contributed by atoms with Crippen LogP contribution in [-0.4, -0.2) is 85.5 Å². The predicted molar refractivity (Wildman–Crippen MR) is 126 cm³/mol. The lowest BCUT2D eigenvalue weighted by atomic mass is 10.0. The zero-order valence-corrected chi connectivity index (χ0v) is 19.4. The Bertz CT molecular complexity index is 1000. The van der Waals surface area contributed by atoms with Gasteiger partial charge in [-0.15, -0.1) is 0 Å². The number of carbonyl (C=O) groups is 4. The molecule has 0 saturated carbocycles. The van der Waals surface area contributed by atoms with Gasteiger partial charge in [-0.1, -0.05) is 12.1 Å². The fourth-order valence-electron chi connectivity index (χ4n) is 2.99. The number of nitrogens with one attached hydrogen (secondary N) is 4. The van der Waals surface area contributed by atoms with Crippen LogP contribution >= 0.6 is 12.6 Å². The molecule has 35 heavy (non-hydrogen) atoms. The molecule has 4 atom stereocenters. The van der Waals surface area contributed by atoms with Gasteiger partial charge in [-0.25, -0.2) is 9.78 Å². The number of imidazole rings is 1. The number of aliphatic hydroxyl groups is 1. The van der Waals surface area contributed by atoms with Crippen molar-refractivity contribution in [1.29, 1.82) is 0 Å². The highest BCUT2D eigenvalue weighted by atomic mass is 32.1. The van der Waals surface area contributed by atoms with Crippen LogP contribution in [0, 0.1) is 0 Å². The number of amides is 3. The first-order valence-corrected chi connectivity index (χ1v) is 11.1. The lowest BCUT2D eigenvalue weighted by molar-refractivity contribution is -0.143. The van der Waals surface area contributed by atoms with Crippen LogP contribution in [0.15, 0.2) is 36.8 Å². The zero-order chi connectivity index (χ0) is 26.0. The summed E-state index contributed by atoms with van der Waals surface area (Å²) in [7, 11) is 0. The predicted octanol–water partition coefficient (Wildman–Crippen LogP) is -2.31. The number of nitrogens with two attached hydrogens (primary N) is 1. The number of H-pyrrole nitrogens is 1.